The van der Waals surface area contributed by atoms with E-state index >= 15 is 0 Å². The second-order valence-electron chi connectivity index (χ2n) is 3.14. The Hall–Kier alpha value is -1.18. The van der Waals surface area contributed by atoms with E-state index in [9.17, 15) is 0 Å². The van der Waals surface area contributed by atoms with Gasteiger partial charge in [-0.25, -0.2) is 0 Å². The largest absolute Gasteiger partial charge is 0.367 e. The zero-order chi connectivity index (χ0) is 10.7. The van der Waals surface area contributed by atoms with E-state index in [4.69, 9.17) is 23.2 Å². The maximum Gasteiger partial charge on any atom is 0.0493 e. The molecule has 0 saturated carbocycles. The number of halogens is 2. The summed E-state index contributed by atoms with van der Waals surface area (Å²) in [5, 5.41) is 1.31. The number of aromatic nitrogens is 1. The topological polar surface area (TPSA) is 15.8 Å². The van der Waals surface area contributed by atoms with Crippen molar-refractivity contribution in [2.75, 3.05) is 0 Å². The molecule has 0 aliphatic rings. The second kappa shape index (κ2) is 4.56. The van der Waals surface area contributed by atoms with E-state index in [0.29, 0.717) is 10.0 Å². The van der Waals surface area contributed by atoms with Crippen LogP contribution in [0.25, 0.3) is 12.2 Å². The van der Waals surface area contributed by atoms with Gasteiger partial charge in [-0.15, -0.1) is 0 Å². The molecule has 0 saturated heterocycles. The van der Waals surface area contributed by atoms with Crippen LogP contribution < -0.4 is 0 Å². The molecule has 1 N–H and O–H groups in total. The summed E-state index contributed by atoms with van der Waals surface area (Å²) in [6, 6.07) is 7.44. The first kappa shape index (κ1) is 10.3. The number of aromatic amines is 1. The quantitative estimate of drug-likeness (QED) is 0.793. The summed E-state index contributed by atoms with van der Waals surface area (Å²) in [7, 11) is 0. The highest BCUT2D eigenvalue weighted by molar-refractivity contribution is 6.35. The number of benzene rings is 1. The van der Waals surface area contributed by atoms with Crippen molar-refractivity contribution >= 4 is 35.4 Å². The standard InChI is InChI=1S/C12H9Cl2N/c13-11-4-3-10(12(14)7-11)2-1-9-5-6-15-8-9/h1-8,15H/b2-1+. The van der Waals surface area contributed by atoms with E-state index < -0.39 is 0 Å². The van der Waals surface area contributed by atoms with Gasteiger partial charge in [-0.3, -0.25) is 0 Å². The Balaban J connectivity index is 2.24. The van der Waals surface area contributed by atoms with Gasteiger partial charge in [0.2, 0.25) is 0 Å². The van der Waals surface area contributed by atoms with E-state index in [-0.39, 0.29) is 0 Å². The fraction of sp³-hybridized carbons (Fsp3) is 0. The third-order valence-corrected chi connectivity index (χ3v) is 2.60. The first-order valence-corrected chi connectivity index (χ1v) is 5.27. The van der Waals surface area contributed by atoms with Crippen LogP contribution in [0.4, 0.5) is 0 Å². The van der Waals surface area contributed by atoms with Crippen LogP contribution in [0.2, 0.25) is 10.0 Å². The van der Waals surface area contributed by atoms with Crippen LogP contribution in [0.5, 0.6) is 0 Å². The Labute approximate surface area is 98.3 Å². The monoisotopic (exact) mass is 237 g/mol. The maximum absolute atomic E-state index is 6.03. The summed E-state index contributed by atoms with van der Waals surface area (Å²) < 4.78 is 0. The van der Waals surface area contributed by atoms with Crippen LogP contribution in [0.1, 0.15) is 11.1 Å². The average molecular weight is 238 g/mol. The van der Waals surface area contributed by atoms with E-state index in [0.717, 1.165) is 11.1 Å². The highest BCUT2D eigenvalue weighted by Gasteiger charge is 1.97. The molecule has 2 rings (SSSR count). The second-order valence-corrected chi connectivity index (χ2v) is 3.99. The Morgan fingerprint density at radius 1 is 1.07 bits per heavy atom. The minimum atomic E-state index is 0.652. The summed E-state index contributed by atoms with van der Waals surface area (Å²) in [4.78, 5) is 2.98. The molecule has 1 heterocycles. The Morgan fingerprint density at radius 2 is 1.93 bits per heavy atom. The zero-order valence-corrected chi connectivity index (χ0v) is 9.39. The van der Waals surface area contributed by atoms with E-state index in [1.807, 2.05) is 42.7 Å². The molecule has 76 valence electrons. The SMILES string of the molecule is Clc1ccc(/C=C/c2cc[nH]c2)c(Cl)c1. The number of nitrogens with one attached hydrogen (secondary N) is 1. The fourth-order valence-electron chi connectivity index (χ4n) is 1.26. The lowest BCUT2D eigenvalue weighted by Gasteiger charge is -1.97. The first-order chi connectivity index (χ1) is 7.25. The summed E-state index contributed by atoms with van der Waals surface area (Å²) >= 11 is 11.8. The van der Waals surface area contributed by atoms with Gasteiger partial charge < -0.3 is 4.98 Å². The van der Waals surface area contributed by atoms with E-state index in [1.54, 1.807) is 6.07 Å². The fourth-order valence-corrected chi connectivity index (χ4v) is 1.73. The van der Waals surface area contributed by atoms with Gasteiger partial charge in [0.15, 0.2) is 0 Å². The van der Waals surface area contributed by atoms with Crippen LogP contribution in [0.15, 0.2) is 36.7 Å². The number of hydrogen-bond donors (Lipinski definition) is 1. The molecule has 1 nitrogen and oxygen atoms in total. The molecule has 1 aromatic heterocycles. The highest BCUT2D eigenvalue weighted by atomic mass is 35.5. The smallest absolute Gasteiger partial charge is 0.0493 e. The minimum absolute atomic E-state index is 0.652. The molecule has 0 amide bonds. The molecule has 3 heteroatoms. The normalized spacial score (nSPS) is 11.1. The summed E-state index contributed by atoms with van der Waals surface area (Å²) in [5.41, 5.74) is 2.07. The summed E-state index contributed by atoms with van der Waals surface area (Å²) in [6.07, 6.45) is 7.75. The molecule has 0 atom stereocenters. The molecule has 1 aromatic carbocycles. The summed E-state index contributed by atoms with van der Waals surface area (Å²) in [6.45, 7) is 0. The number of rotatable bonds is 2. The van der Waals surface area contributed by atoms with Crippen molar-refractivity contribution in [2.45, 2.75) is 0 Å². The molecule has 0 unspecified atom stereocenters. The lowest BCUT2D eigenvalue weighted by molar-refractivity contribution is 1.41. The molecule has 15 heavy (non-hydrogen) atoms. The number of hydrogen-bond acceptors (Lipinski definition) is 0. The molecular weight excluding hydrogens is 229 g/mol. The van der Waals surface area contributed by atoms with E-state index in [1.165, 1.54) is 0 Å². The molecule has 0 fully saturated rings. The minimum Gasteiger partial charge on any atom is -0.367 e. The molecule has 0 bridgehead atoms. The Morgan fingerprint density at radius 3 is 2.60 bits per heavy atom. The van der Waals surface area contributed by atoms with Crippen molar-refractivity contribution in [1.82, 2.24) is 4.98 Å². The summed E-state index contributed by atoms with van der Waals surface area (Å²) in [5.74, 6) is 0. The van der Waals surface area contributed by atoms with Gasteiger partial charge >= 0.3 is 0 Å². The lowest BCUT2D eigenvalue weighted by atomic mass is 10.2. The van der Waals surface area contributed by atoms with Crippen molar-refractivity contribution in [2.24, 2.45) is 0 Å². The molecule has 2 aromatic rings. The van der Waals surface area contributed by atoms with Crippen LogP contribution in [-0.4, -0.2) is 4.98 Å². The van der Waals surface area contributed by atoms with Crippen LogP contribution in [-0.2, 0) is 0 Å². The maximum atomic E-state index is 6.03. The van der Waals surface area contributed by atoms with Crippen molar-refractivity contribution < 1.29 is 0 Å². The third kappa shape index (κ3) is 2.65. The van der Waals surface area contributed by atoms with Crippen molar-refractivity contribution in [3.05, 3.63) is 57.8 Å². The lowest BCUT2D eigenvalue weighted by Crippen LogP contribution is -1.74. The average Bonchev–Trinajstić information content (AvgIpc) is 2.69. The number of H-pyrrole nitrogens is 1. The van der Waals surface area contributed by atoms with Gasteiger partial charge in [0.05, 0.1) is 0 Å². The molecule has 0 spiro atoms. The van der Waals surface area contributed by atoms with Gasteiger partial charge in [-0.1, -0.05) is 41.4 Å². The zero-order valence-electron chi connectivity index (χ0n) is 7.87. The van der Waals surface area contributed by atoms with Crippen molar-refractivity contribution in [3.63, 3.8) is 0 Å². The predicted molar refractivity (Wildman–Crippen MR) is 66.2 cm³/mol. The molecular formula is C12H9Cl2N. The Kier molecular flexibility index (Phi) is 3.14. The third-order valence-electron chi connectivity index (χ3n) is 2.04. The van der Waals surface area contributed by atoms with Gasteiger partial charge in [-0.05, 0) is 29.3 Å². The van der Waals surface area contributed by atoms with Gasteiger partial charge in [0.25, 0.3) is 0 Å². The molecule has 0 radical (unpaired) electrons. The van der Waals surface area contributed by atoms with Crippen molar-refractivity contribution in [3.8, 4) is 0 Å². The Bertz CT molecular complexity index is 472. The molecule has 0 aliphatic heterocycles. The first-order valence-electron chi connectivity index (χ1n) is 4.51. The van der Waals surface area contributed by atoms with Gasteiger partial charge in [-0.2, -0.15) is 0 Å². The van der Waals surface area contributed by atoms with Crippen molar-refractivity contribution in [1.29, 1.82) is 0 Å². The van der Waals surface area contributed by atoms with E-state index in [2.05, 4.69) is 4.98 Å². The molecule has 0 aliphatic carbocycles. The van der Waals surface area contributed by atoms with Crippen LogP contribution >= 0.6 is 23.2 Å². The van der Waals surface area contributed by atoms with Crippen LogP contribution in [0, 0.1) is 0 Å². The van der Waals surface area contributed by atoms with Gasteiger partial charge in [0.1, 0.15) is 0 Å². The highest BCUT2D eigenvalue weighted by Crippen LogP contribution is 2.22. The van der Waals surface area contributed by atoms with Crippen LogP contribution in [0.3, 0.4) is 0 Å². The van der Waals surface area contributed by atoms with Gasteiger partial charge in [0, 0.05) is 22.4 Å². The predicted octanol–water partition coefficient (Wildman–Crippen LogP) is 4.49.